The maximum absolute atomic E-state index is 4.59. The lowest BCUT2D eigenvalue weighted by Crippen LogP contribution is -2.29. The maximum Gasteiger partial charge on any atom is 0.0931 e. The smallest absolute Gasteiger partial charge is 0.0931 e. The highest BCUT2D eigenvalue weighted by atomic mass is 32.1. The third-order valence-electron chi connectivity index (χ3n) is 2.91. The van der Waals surface area contributed by atoms with E-state index in [0.29, 0.717) is 6.04 Å². The molecule has 1 aromatic heterocycles. The maximum atomic E-state index is 4.59. The van der Waals surface area contributed by atoms with Gasteiger partial charge in [-0.3, -0.25) is 0 Å². The Balaban J connectivity index is 2.41. The van der Waals surface area contributed by atoms with Crippen LogP contribution in [0.3, 0.4) is 0 Å². The molecule has 1 unspecified atom stereocenters. The summed E-state index contributed by atoms with van der Waals surface area (Å²) >= 11 is 1.85. The Labute approximate surface area is 103 Å². The summed E-state index contributed by atoms with van der Waals surface area (Å²) in [5.74, 6) is 0. The molecule has 1 aromatic rings. The fourth-order valence-corrected chi connectivity index (χ4v) is 2.88. The molecule has 2 nitrogen and oxygen atoms in total. The Bertz CT molecular complexity index is 281. The molecule has 1 rings (SSSR count). The Morgan fingerprint density at radius 1 is 1.25 bits per heavy atom. The van der Waals surface area contributed by atoms with Gasteiger partial charge in [0.25, 0.3) is 0 Å². The molecule has 0 saturated carbocycles. The number of aryl methyl sites for hydroxylation is 3. The van der Waals surface area contributed by atoms with Crippen LogP contribution in [-0.2, 0) is 6.42 Å². The topological polar surface area (TPSA) is 24.9 Å². The summed E-state index contributed by atoms with van der Waals surface area (Å²) in [6.45, 7) is 9.76. The molecule has 0 bridgehead atoms. The second-order valence-corrected chi connectivity index (χ2v) is 5.62. The van der Waals surface area contributed by atoms with Crippen LogP contribution in [0.15, 0.2) is 0 Å². The van der Waals surface area contributed by atoms with Gasteiger partial charge in [0.2, 0.25) is 0 Å². The van der Waals surface area contributed by atoms with E-state index in [2.05, 4.69) is 38.0 Å². The number of thiazole rings is 1. The summed E-state index contributed by atoms with van der Waals surface area (Å²) in [5, 5.41) is 4.85. The first-order chi connectivity index (χ1) is 7.67. The average Bonchev–Trinajstić information content (AvgIpc) is 2.56. The van der Waals surface area contributed by atoms with Gasteiger partial charge in [-0.2, -0.15) is 0 Å². The van der Waals surface area contributed by atoms with Crippen molar-refractivity contribution >= 4 is 11.3 Å². The van der Waals surface area contributed by atoms with Crippen molar-refractivity contribution in [2.45, 2.75) is 59.4 Å². The number of aromatic nitrogens is 1. The van der Waals surface area contributed by atoms with Crippen molar-refractivity contribution in [1.82, 2.24) is 10.3 Å². The fourth-order valence-electron chi connectivity index (χ4n) is 1.93. The Hall–Kier alpha value is -0.410. The van der Waals surface area contributed by atoms with Crippen LogP contribution in [0.5, 0.6) is 0 Å². The molecule has 0 aromatic carbocycles. The van der Waals surface area contributed by atoms with Gasteiger partial charge in [0.15, 0.2) is 0 Å². The van der Waals surface area contributed by atoms with Gasteiger partial charge in [-0.15, -0.1) is 11.3 Å². The summed E-state index contributed by atoms with van der Waals surface area (Å²) in [6.07, 6.45) is 4.87. The quantitative estimate of drug-likeness (QED) is 0.789. The minimum absolute atomic E-state index is 0.666. The second kappa shape index (κ2) is 7.02. The van der Waals surface area contributed by atoms with E-state index in [1.807, 2.05) is 11.3 Å². The lowest BCUT2D eigenvalue weighted by Gasteiger charge is -2.15. The molecule has 1 N–H and O–H groups in total. The molecule has 0 aliphatic carbocycles. The first-order valence-corrected chi connectivity index (χ1v) is 7.15. The molecule has 0 aliphatic rings. The Kier molecular flexibility index (Phi) is 5.99. The fraction of sp³-hybridized carbons (Fsp3) is 0.769. The third-order valence-corrected chi connectivity index (χ3v) is 4.04. The van der Waals surface area contributed by atoms with Gasteiger partial charge in [0.05, 0.1) is 10.7 Å². The van der Waals surface area contributed by atoms with Gasteiger partial charge in [-0.1, -0.05) is 20.3 Å². The minimum atomic E-state index is 0.666. The molecular formula is C13H24N2S. The SMILES string of the molecule is CCCC(CCc1nc(C)c(C)s1)NCC. The van der Waals surface area contributed by atoms with Crippen LogP contribution in [0, 0.1) is 13.8 Å². The second-order valence-electron chi connectivity index (χ2n) is 4.33. The van der Waals surface area contributed by atoms with Crippen molar-refractivity contribution in [3.63, 3.8) is 0 Å². The van der Waals surface area contributed by atoms with E-state index in [1.54, 1.807) is 0 Å². The predicted octanol–water partition coefficient (Wildman–Crippen LogP) is 3.47. The molecule has 1 atom stereocenters. The van der Waals surface area contributed by atoms with Crippen LogP contribution < -0.4 is 5.32 Å². The molecular weight excluding hydrogens is 216 g/mol. The van der Waals surface area contributed by atoms with Crippen molar-refractivity contribution in [3.05, 3.63) is 15.6 Å². The average molecular weight is 240 g/mol. The van der Waals surface area contributed by atoms with E-state index in [-0.39, 0.29) is 0 Å². The van der Waals surface area contributed by atoms with Gasteiger partial charge in [0.1, 0.15) is 0 Å². The van der Waals surface area contributed by atoms with Gasteiger partial charge >= 0.3 is 0 Å². The predicted molar refractivity (Wildman–Crippen MR) is 72.3 cm³/mol. The molecule has 0 amide bonds. The standard InChI is InChI=1S/C13H24N2S/c1-5-7-12(14-6-2)8-9-13-15-10(3)11(4)16-13/h12,14H,5-9H2,1-4H3. The Morgan fingerprint density at radius 3 is 2.50 bits per heavy atom. The third kappa shape index (κ3) is 4.22. The molecule has 0 fully saturated rings. The Morgan fingerprint density at radius 2 is 2.00 bits per heavy atom. The molecule has 92 valence electrons. The first-order valence-electron chi connectivity index (χ1n) is 6.33. The van der Waals surface area contributed by atoms with Gasteiger partial charge in [-0.05, 0) is 33.2 Å². The van der Waals surface area contributed by atoms with Crippen LogP contribution in [-0.4, -0.2) is 17.6 Å². The molecule has 1 heterocycles. The molecule has 0 spiro atoms. The number of nitrogens with zero attached hydrogens (tertiary/aromatic N) is 1. The van der Waals surface area contributed by atoms with E-state index in [0.717, 1.165) is 13.0 Å². The number of hydrogen-bond acceptors (Lipinski definition) is 3. The minimum Gasteiger partial charge on any atom is -0.314 e. The van der Waals surface area contributed by atoms with Gasteiger partial charge < -0.3 is 5.32 Å². The molecule has 16 heavy (non-hydrogen) atoms. The van der Waals surface area contributed by atoms with Crippen LogP contribution in [0.1, 0.15) is 48.7 Å². The van der Waals surface area contributed by atoms with Crippen molar-refractivity contribution in [3.8, 4) is 0 Å². The van der Waals surface area contributed by atoms with Crippen molar-refractivity contribution in [1.29, 1.82) is 0 Å². The van der Waals surface area contributed by atoms with Gasteiger partial charge in [-0.25, -0.2) is 4.98 Å². The summed E-state index contributed by atoms with van der Waals surface area (Å²) in [5.41, 5.74) is 1.20. The normalized spacial score (nSPS) is 13.0. The summed E-state index contributed by atoms with van der Waals surface area (Å²) in [6, 6.07) is 0.666. The molecule has 0 radical (unpaired) electrons. The van der Waals surface area contributed by atoms with E-state index >= 15 is 0 Å². The van der Waals surface area contributed by atoms with Crippen LogP contribution >= 0.6 is 11.3 Å². The lowest BCUT2D eigenvalue weighted by atomic mass is 10.1. The van der Waals surface area contributed by atoms with E-state index in [9.17, 15) is 0 Å². The highest BCUT2D eigenvalue weighted by Crippen LogP contribution is 2.18. The molecule has 3 heteroatoms. The van der Waals surface area contributed by atoms with E-state index < -0.39 is 0 Å². The molecule has 0 aliphatic heterocycles. The number of rotatable bonds is 7. The zero-order chi connectivity index (χ0) is 12.0. The number of hydrogen-bond donors (Lipinski definition) is 1. The summed E-state index contributed by atoms with van der Waals surface area (Å²) < 4.78 is 0. The zero-order valence-corrected chi connectivity index (χ0v) is 11.8. The van der Waals surface area contributed by atoms with Crippen molar-refractivity contribution < 1.29 is 0 Å². The van der Waals surface area contributed by atoms with Gasteiger partial charge in [0, 0.05) is 17.3 Å². The highest BCUT2D eigenvalue weighted by Gasteiger charge is 2.09. The van der Waals surface area contributed by atoms with Crippen LogP contribution in [0.25, 0.3) is 0 Å². The van der Waals surface area contributed by atoms with E-state index in [4.69, 9.17) is 0 Å². The molecule has 0 saturated heterocycles. The first kappa shape index (κ1) is 13.7. The monoisotopic (exact) mass is 240 g/mol. The van der Waals surface area contributed by atoms with Crippen LogP contribution in [0.4, 0.5) is 0 Å². The zero-order valence-electron chi connectivity index (χ0n) is 11.0. The van der Waals surface area contributed by atoms with Crippen molar-refractivity contribution in [2.75, 3.05) is 6.54 Å². The highest BCUT2D eigenvalue weighted by molar-refractivity contribution is 7.11. The largest absolute Gasteiger partial charge is 0.314 e. The summed E-state index contributed by atoms with van der Waals surface area (Å²) in [7, 11) is 0. The summed E-state index contributed by atoms with van der Waals surface area (Å²) in [4.78, 5) is 5.96. The van der Waals surface area contributed by atoms with Crippen molar-refractivity contribution in [2.24, 2.45) is 0 Å². The van der Waals surface area contributed by atoms with Crippen LogP contribution in [0.2, 0.25) is 0 Å². The lowest BCUT2D eigenvalue weighted by molar-refractivity contribution is 0.459. The number of nitrogens with one attached hydrogen (secondary N) is 1. The van der Waals surface area contributed by atoms with E-state index in [1.165, 1.54) is 34.8 Å².